The number of benzene rings is 2. The van der Waals surface area contributed by atoms with Gasteiger partial charge in [-0.1, -0.05) is 6.07 Å². The van der Waals surface area contributed by atoms with E-state index in [0.717, 1.165) is 6.42 Å². The highest BCUT2D eigenvalue weighted by atomic mass is 16.5. The van der Waals surface area contributed by atoms with Gasteiger partial charge in [-0.05, 0) is 29.8 Å². The topological polar surface area (TPSA) is 78.1 Å². The Kier molecular flexibility index (Phi) is 3.72. The molecule has 0 bridgehead atoms. The molecule has 0 saturated heterocycles. The molecule has 0 radical (unpaired) electrons. The quantitative estimate of drug-likeness (QED) is 0.721. The summed E-state index contributed by atoms with van der Waals surface area (Å²) in [5.41, 5.74) is 0.231. The van der Waals surface area contributed by atoms with Crippen LogP contribution >= 0.6 is 0 Å². The van der Waals surface area contributed by atoms with Crippen LogP contribution in [0.25, 0.3) is 22.1 Å². The molecule has 0 amide bonds. The van der Waals surface area contributed by atoms with Gasteiger partial charge in [-0.25, -0.2) is 4.79 Å². The Morgan fingerprint density at radius 1 is 1.04 bits per heavy atom. The van der Waals surface area contributed by atoms with E-state index in [0.29, 0.717) is 41.4 Å². The van der Waals surface area contributed by atoms with Crippen molar-refractivity contribution in [3.05, 3.63) is 46.8 Å². The molecule has 2 aromatic carbocycles. The Hall–Kier alpha value is -3.15. The van der Waals surface area contributed by atoms with Crippen molar-refractivity contribution < 1.29 is 23.7 Å². The second-order valence-electron chi connectivity index (χ2n) is 5.69. The lowest BCUT2D eigenvalue weighted by Crippen LogP contribution is -2.04. The fraction of sp³-hybridized carbons (Fsp3) is 0.211. The van der Waals surface area contributed by atoms with E-state index in [-0.39, 0.29) is 16.9 Å². The first-order valence-corrected chi connectivity index (χ1v) is 7.91. The fourth-order valence-corrected chi connectivity index (χ4v) is 2.87. The minimum Gasteiger partial charge on any atom is -0.506 e. The number of methoxy groups -OCH3 is 1. The van der Waals surface area contributed by atoms with Crippen molar-refractivity contribution in [2.75, 3.05) is 20.3 Å². The van der Waals surface area contributed by atoms with Crippen molar-refractivity contribution in [1.82, 2.24) is 0 Å². The zero-order valence-corrected chi connectivity index (χ0v) is 13.6. The smallest absolute Gasteiger partial charge is 0.347 e. The lowest BCUT2D eigenvalue weighted by molar-refractivity contribution is 0.297. The van der Waals surface area contributed by atoms with Crippen LogP contribution in [-0.2, 0) is 0 Å². The van der Waals surface area contributed by atoms with Gasteiger partial charge >= 0.3 is 5.63 Å². The highest BCUT2D eigenvalue weighted by Gasteiger charge is 2.19. The molecule has 2 heterocycles. The highest BCUT2D eigenvalue weighted by Crippen LogP contribution is 2.38. The Morgan fingerprint density at radius 2 is 1.84 bits per heavy atom. The second kappa shape index (κ2) is 6.05. The summed E-state index contributed by atoms with van der Waals surface area (Å²) in [5, 5.41) is 11.1. The third kappa shape index (κ3) is 2.65. The van der Waals surface area contributed by atoms with Gasteiger partial charge in [0.05, 0.1) is 25.7 Å². The van der Waals surface area contributed by atoms with Crippen LogP contribution in [0.2, 0.25) is 0 Å². The van der Waals surface area contributed by atoms with Crippen LogP contribution in [-0.4, -0.2) is 25.4 Å². The number of aromatic hydroxyl groups is 1. The molecule has 0 aliphatic carbocycles. The number of hydrogen-bond donors (Lipinski definition) is 1. The van der Waals surface area contributed by atoms with E-state index >= 15 is 0 Å². The molecule has 4 rings (SSSR count). The third-order valence-electron chi connectivity index (χ3n) is 4.12. The van der Waals surface area contributed by atoms with Crippen molar-refractivity contribution >= 4 is 11.0 Å². The summed E-state index contributed by atoms with van der Waals surface area (Å²) in [4.78, 5) is 12.5. The van der Waals surface area contributed by atoms with E-state index in [1.807, 2.05) is 0 Å². The van der Waals surface area contributed by atoms with Crippen molar-refractivity contribution in [3.63, 3.8) is 0 Å². The van der Waals surface area contributed by atoms with Gasteiger partial charge in [-0.3, -0.25) is 0 Å². The van der Waals surface area contributed by atoms with E-state index in [1.165, 1.54) is 7.11 Å². The summed E-state index contributed by atoms with van der Waals surface area (Å²) in [7, 11) is 1.52. The number of hydrogen-bond acceptors (Lipinski definition) is 6. The Morgan fingerprint density at radius 3 is 2.64 bits per heavy atom. The summed E-state index contributed by atoms with van der Waals surface area (Å²) in [6.45, 7) is 1.12. The molecule has 0 fully saturated rings. The maximum atomic E-state index is 12.5. The summed E-state index contributed by atoms with van der Waals surface area (Å²) in [5.74, 6) is 1.57. The largest absolute Gasteiger partial charge is 0.506 e. The zero-order valence-electron chi connectivity index (χ0n) is 13.6. The molecule has 0 unspecified atom stereocenters. The van der Waals surface area contributed by atoms with Gasteiger partial charge in [-0.2, -0.15) is 0 Å². The van der Waals surface area contributed by atoms with Gasteiger partial charge in [0.25, 0.3) is 0 Å². The van der Waals surface area contributed by atoms with Crippen LogP contribution in [0.15, 0.2) is 45.6 Å². The Labute approximate surface area is 143 Å². The Bertz CT molecular complexity index is 1000. The first-order chi connectivity index (χ1) is 12.2. The SMILES string of the molecule is COc1ccc2c(O)c(-c3ccc4c(c3)OCCCO4)c(=O)oc2c1. The molecule has 128 valence electrons. The number of fused-ring (bicyclic) bond motifs is 2. The molecule has 3 aromatic rings. The molecular weight excluding hydrogens is 324 g/mol. The minimum atomic E-state index is -0.632. The predicted molar refractivity (Wildman–Crippen MR) is 91.7 cm³/mol. The molecule has 25 heavy (non-hydrogen) atoms. The summed E-state index contributed by atoms with van der Waals surface area (Å²) >= 11 is 0. The predicted octanol–water partition coefficient (Wildman–Crippen LogP) is 3.34. The van der Waals surface area contributed by atoms with E-state index in [9.17, 15) is 9.90 Å². The molecule has 0 atom stereocenters. The van der Waals surface area contributed by atoms with Crippen LogP contribution in [0.1, 0.15) is 6.42 Å². The van der Waals surface area contributed by atoms with E-state index in [1.54, 1.807) is 36.4 Å². The number of ether oxygens (including phenoxy) is 3. The van der Waals surface area contributed by atoms with Gasteiger partial charge in [-0.15, -0.1) is 0 Å². The Balaban J connectivity index is 1.89. The van der Waals surface area contributed by atoms with Crippen LogP contribution in [0.4, 0.5) is 0 Å². The van der Waals surface area contributed by atoms with E-state index in [4.69, 9.17) is 18.6 Å². The molecule has 1 N–H and O–H groups in total. The van der Waals surface area contributed by atoms with E-state index < -0.39 is 5.63 Å². The summed E-state index contributed by atoms with van der Waals surface area (Å²) < 4.78 is 21.7. The highest BCUT2D eigenvalue weighted by molar-refractivity contribution is 5.91. The van der Waals surface area contributed by atoms with Crippen molar-refractivity contribution in [2.45, 2.75) is 6.42 Å². The van der Waals surface area contributed by atoms with Crippen molar-refractivity contribution in [2.24, 2.45) is 0 Å². The molecule has 1 aromatic heterocycles. The summed E-state index contributed by atoms with van der Waals surface area (Å²) in [6, 6.07) is 10.0. The molecule has 0 saturated carbocycles. The van der Waals surface area contributed by atoms with Gasteiger partial charge in [0.2, 0.25) is 0 Å². The standard InChI is InChI=1S/C19H16O6/c1-22-12-4-5-13-15(10-12)25-19(21)17(18(13)20)11-3-6-14-16(9-11)24-8-2-7-23-14/h3-6,9-10,20H,2,7-8H2,1H3. The molecule has 0 spiro atoms. The third-order valence-corrected chi connectivity index (χ3v) is 4.12. The normalized spacial score (nSPS) is 13.5. The second-order valence-corrected chi connectivity index (χ2v) is 5.69. The van der Waals surface area contributed by atoms with Crippen LogP contribution in [0.3, 0.4) is 0 Å². The molecule has 1 aliphatic heterocycles. The summed E-state index contributed by atoms with van der Waals surface area (Å²) in [6.07, 6.45) is 0.787. The molecule has 1 aliphatic rings. The van der Waals surface area contributed by atoms with Gasteiger partial charge in [0.15, 0.2) is 11.5 Å². The lowest BCUT2D eigenvalue weighted by atomic mass is 10.0. The van der Waals surface area contributed by atoms with Crippen molar-refractivity contribution in [3.8, 4) is 34.1 Å². The van der Waals surface area contributed by atoms with Crippen LogP contribution in [0.5, 0.6) is 23.0 Å². The average molecular weight is 340 g/mol. The van der Waals surface area contributed by atoms with Gasteiger partial charge in [0.1, 0.15) is 22.6 Å². The molecular formula is C19H16O6. The average Bonchev–Trinajstić information content (AvgIpc) is 2.86. The van der Waals surface area contributed by atoms with Crippen molar-refractivity contribution in [1.29, 1.82) is 0 Å². The van der Waals surface area contributed by atoms with Crippen LogP contribution < -0.4 is 19.8 Å². The van der Waals surface area contributed by atoms with E-state index in [2.05, 4.69) is 0 Å². The first-order valence-electron chi connectivity index (χ1n) is 7.91. The van der Waals surface area contributed by atoms with Gasteiger partial charge in [0, 0.05) is 12.5 Å². The molecule has 6 heteroatoms. The maximum absolute atomic E-state index is 12.5. The molecule has 6 nitrogen and oxygen atoms in total. The zero-order chi connectivity index (χ0) is 17.4. The fourth-order valence-electron chi connectivity index (χ4n) is 2.87. The van der Waals surface area contributed by atoms with Gasteiger partial charge < -0.3 is 23.7 Å². The van der Waals surface area contributed by atoms with Crippen LogP contribution in [0, 0.1) is 0 Å². The lowest BCUT2D eigenvalue weighted by Gasteiger charge is -2.11. The monoisotopic (exact) mass is 340 g/mol. The number of rotatable bonds is 2. The minimum absolute atomic E-state index is 0.0910. The maximum Gasteiger partial charge on any atom is 0.347 e. The first kappa shape index (κ1) is 15.4.